The highest BCUT2D eigenvalue weighted by atomic mass is 15.1. The normalized spacial score (nSPS) is 12.6. The van der Waals surface area contributed by atoms with Crippen molar-refractivity contribution < 1.29 is 0 Å². The van der Waals surface area contributed by atoms with Crippen molar-refractivity contribution in [1.29, 1.82) is 0 Å². The van der Waals surface area contributed by atoms with Gasteiger partial charge in [0, 0.05) is 19.1 Å². The number of rotatable bonds is 5. The molecule has 0 fully saturated rings. The lowest BCUT2D eigenvalue weighted by molar-refractivity contribution is 0.282. The molecule has 0 aromatic rings. The first kappa shape index (κ1) is 12.2. The second-order valence-electron chi connectivity index (χ2n) is 3.37. The van der Waals surface area contributed by atoms with E-state index in [1.54, 1.807) is 0 Å². The van der Waals surface area contributed by atoms with E-state index in [9.17, 15) is 0 Å². The molecule has 0 aliphatic carbocycles. The molecule has 0 aliphatic rings. The average Bonchev–Trinajstić information content (AvgIpc) is 2.04. The molecule has 0 radical (unpaired) electrons. The highest BCUT2D eigenvalue weighted by Gasteiger charge is 2.00. The van der Waals surface area contributed by atoms with Gasteiger partial charge in [-0.25, -0.2) is 0 Å². The number of nitrogens with two attached hydrogens (primary N) is 1. The van der Waals surface area contributed by atoms with Crippen LogP contribution in [0.25, 0.3) is 0 Å². The molecule has 13 heavy (non-hydrogen) atoms. The molecule has 0 bridgehead atoms. The summed E-state index contributed by atoms with van der Waals surface area (Å²) in [6.07, 6.45) is 0. The molecule has 3 N–H and O–H groups in total. The van der Waals surface area contributed by atoms with E-state index in [0.717, 1.165) is 19.6 Å². The van der Waals surface area contributed by atoms with Crippen molar-refractivity contribution in [2.75, 3.05) is 26.7 Å². The average molecular weight is 186 g/mol. The Balaban J connectivity index is 3.59. The highest BCUT2D eigenvalue weighted by Crippen LogP contribution is 1.91. The maximum Gasteiger partial charge on any atom is 0.188 e. The first-order valence-corrected chi connectivity index (χ1v) is 4.82. The van der Waals surface area contributed by atoms with Gasteiger partial charge in [-0.3, -0.25) is 4.99 Å². The SMILES string of the molecule is CCNC(N)=NCCN(C)C(C)C. The first-order valence-electron chi connectivity index (χ1n) is 4.82. The van der Waals surface area contributed by atoms with E-state index in [0.29, 0.717) is 12.0 Å². The number of nitrogens with one attached hydrogen (secondary N) is 1. The molecule has 0 amide bonds. The fourth-order valence-electron chi connectivity index (χ4n) is 0.823. The van der Waals surface area contributed by atoms with Crippen LogP contribution in [0.1, 0.15) is 20.8 Å². The molecular formula is C9H22N4. The highest BCUT2D eigenvalue weighted by molar-refractivity contribution is 5.77. The van der Waals surface area contributed by atoms with Crippen LogP contribution in [0.4, 0.5) is 0 Å². The van der Waals surface area contributed by atoms with Gasteiger partial charge in [-0.05, 0) is 27.8 Å². The Morgan fingerprint density at radius 1 is 1.54 bits per heavy atom. The fourth-order valence-corrected chi connectivity index (χ4v) is 0.823. The van der Waals surface area contributed by atoms with E-state index in [-0.39, 0.29) is 0 Å². The zero-order valence-electron chi connectivity index (χ0n) is 9.17. The molecule has 0 unspecified atom stereocenters. The summed E-state index contributed by atoms with van der Waals surface area (Å²) in [6.45, 7) is 8.87. The number of likely N-dealkylation sites (N-methyl/N-ethyl adjacent to an activating group) is 1. The Bertz CT molecular complexity index is 154. The van der Waals surface area contributed by atoms with Crippen molar-refractivity contribution >= 4 is 5.96 Å². The van der Waals surface area contributed by atoms with Crippen LogP contribution in [-0.4, -0.2) is 43.6 Å². The number of guanidine groups is 1. The topological polar surface area (TPSA) is 53.6 Å². The van der Waals surface area contributed by atoms with Gasteiger partial charge in [0.1, 0.15) is 0 Å². The van der Waals surface area contributed by atoms with E-state index >= 15 is 0 Å². The Morgan fingerprint density at radius 3 is 2.62 bits per heavy atom. The standard InChI is InChI=1S/C9H22N4/c1-5-11-9(10)12-6-7-13(4)8(2)3/h8H,5-7H2,1-4H3,(H3,10,11,12). The predicted octanol–water partition coefficient (Wildman–Crippen LogP) is 0.251. The van der Waals surface area contributed by atoms with Crippen molar-refractivity contribution in [2.45, 2.75) is 26.8 Å². The van der Waals surface area contributed by atoms with Gasteiger partial charge in [-0.1, -0.05) is 0 Å². The van der Waals surface area contributed by atoms with E-state index < -0.39 is 0 Å². The molecule has 4 heteroatoms. The summed E-state index contributed by atoms with van der Waals surface area (Å²) >= 11 is 0. The van der Waals surface area contributed by atoms with Gasteiger partial charge in [0.2, 0.25) is 0 Å². The summed E-state index contributed by atoms with van der Waals surface area (Å²) in [4.78, 5) is 6.42. The predicted molar refractivity (Wildman–Crippen MR) is 57.9 cm³/mol. The van der Waals surface area contributed by atoms with Crippen molar-refractivity contribution in [2.24, 2.45) is 10.7 Å². The third-order valence-electron chi connectivity index (χ3n) is 1.97. The van der Waals surface area contributed by atoms with Gasteiger partial charge < -0.3 is 16.0 Å². The van der Waals surface area contributed by atoms with Crippen LogP contribution in [0, 0.1) is 0 Å². The summed E-state index contributed by atoms with van der Waals surface area (Å²) in [5.74, 6) is 0.541. The number of hydrogen-bond donors (Lipinski definition) is 2. The molecule has 0 rings (SSSR count). The molecule has 0 spiro atoms. The van der Waals surface area contributed by atoms with Gasteiger partial charge in [-0.15, -0.1) is 0 Å². The second kappa shape index (κ2) is 6.71. The minimum atomic E-state index is 0.541. The minimum absolute atomic E-state index is 0.541. The summed E-state index contributed by atoms with van der Waals surface area (Å²) in [5.41, 5.74) is 5.57. The van der Waals surface area contributed by atoms with Gasteiger partial charge >= 0.3 is 0 Å². The Labute approximate surface area is 81.2 Å². The quantitative estimate of drug-likeness (QED) is 0.478. The van der Waals surface area contributed by atoms with Crippen molar-refractivity contribution in [1.82, 2.24) is 10.2 Å². The number of nitrogens with zero attached hydrogens (tertiary/aromatic N) is 2. The first-order chi connectivity index (χ1) is 6.07. The van der Waals surface area contributed by atoms with Crippen LogP contribution in [0.3, 0.4) is 0 Å². The van der Waals surface area contributed by atoms with Crippen LogP contribution in [0.2, 0.25) is 0 Å². The Kier molecular flexibility index (Phi) is 6.32. The molecule has 0 aromatic heterocycles. The molecule has 78 valence electrons. The van der Waals surface area contributed by atoms with Crippen molar-refractivity contribution in [3.8, 4) is 0 Å². The van der Waals surface area contributed by atoms with E-state index in [1.807, 2.05) is 6.92 Å². The number of aliphatic imine (C=N–C) groups is 1. The van der Waals surface area contributed by atoms with Gasteiger partial charge in [0.15, 0.2) is 5.96 Å². The third-order valence-corrected chi connectivity index (χ3v) is 1.97. The maximum absolute atomic E-state index is 5.57. The molecule has 0 saturated carbocycles. The molecule has 0 saturated heterocycles. The molecule has 4 nitrogen and oxygen atoms in total. The summed E-state index contributed by atoms with van der Waals surface area (Å²) in [5, 5.41) is 2.96. The summed E-state index contributed by atoms with van der Waals surface area (Å²) in [7, 11) is 2.09. The summed E-state index contributed by atoms with van der Waals surface area (Å²) < 4.78 is 0. The smallest absolute Gasteiger partial charge is 0.188 e. The van der Waals surface area contributed by atoms with E-state index in [2.05, 4.69) is 36.1 Å². The lowest BCUT2D eigenvalue weighted by Gasteiger charge is -2.19. The Hall–Kier alpha value is -0.770. The van der Waals surface area contributed by atoms with Gasteiger partial charge in [-0.2, -0.15) is 0 Å². The van der Waals surface area contributed by atoms with Crippen molar-refractivity contribution in [3.63, 3.8) is 0 Å². The van der Waals surface area contributed by atoms with Crippen LogP contribution >= 0.6 is 0 Å². The molecule has 0 heterocycles. The lowest BCUT2D eigenvalue weighted by atomic mass is 10.3. The second-order valence-corrected chi connectivity index (χ2v) is 3.37. The summed E-state index contributed by atoms with van der Waals surface area (Å²) in [6, 6.07) is 0.565. The van der Waals surface area contributed by atoms with Crippen molar-refractivity contribution in [3.05, 3.63) is 0 Å². The van der Waals surface area contributed by atoms with E-state index in [1.165, 1.54) is 0 Å². The lowest BCUT2D eigenvalue weighted by Crippen LogP contribution is -2.33. The zero-order valence-corrected chi connectivity index (χ0v) is 9.17. The fraction of sp³-hybridized carbons (Fsp3) is 0.889. The molecule has 0 atom stereocenters. The maximum atomic E-state index is 5.57. The van der Waals surface area contributed by atoms with Crippen LogP contribution < -0.4 is 11.1 Å². The van der Waals surface area contributed by atoms with E-state index in [4.69, 9.17) is 5.73 Å². The van der Waals surface area contributed by atoms with Crippen LogP contribution in [0.5, 0.6) is 0 Å². The van der Waals surface area contributed by atoms with Crippen LogP contribution in [0.15, 0.2) is 4.99 Å². The Morgan fingerprint density at radius 2 is 2.15 bits per heavy atom. The minimum Gasteiger partial charge on any atom is -0.370 e. The largest absolute Gasteiger partial charge is 0.370 e. The molecular weight excluding hydrogens is 164 g/mol. The number of hydrogen-bond acceptors (Lipinski definition) is 2. The van der Waals surface area contributed by atoms with Gasteiger partial charge in [0.05, 0.1) is 6.54 Å². The zero-order chi connectivity index (χ0) is 10.3. The molecule has 0 aromatic carbocycles. The van der Waals surface area contributed by atoms with Gasteiger partial charge in [0.25, 0.3) is 0 Å². The third kappa shape index (κ3) is 6.40. The monoisotopic (exact) mass is 186 g/mol. The molecule has 0 aliphatic heterocycles. The van der Waals surface area contributed by atoms with Crippen LogP contribution in [-0.2, 0) is 0 Å².